The standard InChI is InChI=1S/C12H19N/c1-4-5-6-11-7-9-12(10-8-11)13(2)3/h7-10H,4-6H2,1-3H3. The number of unbranched alkanes of at least 4 members (excludes halogenated alkanes) is 1. The summed E-state index contributed by atoms with van der Waals surface area (Å²) < 4.78 is 0. The van der Waals surface area contributed by atoms with Crippen molar-refractivity contribution in [3.05, 3.63) is 29.8 Å². The first-order valence-electron chi connectivity index (χ1n) is 5.00. The van der Waals surface area contributed by atoms with Crippen LogP contribution in [-0.2, 0) is 6.42 Å². The molecule has 0 N–H and O–H groups in total. The molecule has 0 saturated heterocycles. The average molecular weight is 177 g/mol. The van der Waals surface area contributed by atoms with Crippen molar-refractivity contribution in [2.45, 2.75) is 26.2 Å². The van der Waals surface area contributed by atoms with Crippen molar-refractivity contribution in [2.75, 3.05) is 19.0 Å². The quantitative estimate of drug-likeness (QED) is 0.683. The highest BCUT2D eigenvalue weighted by atomic mass is 15.1. The predicted molar refractivity (Wildman–Crippen MR) is 59.4 cm³/mol. The van der Waals surface area contributed by atoms with E-state index in [2.05, 4.69) is 50.2 Å². The smallest absolute Gasteiger partial charge is 0.0361 e. The van der Waals surface area contributed by atoms with Crippen LogP contribution in [0, 0.1) is 0 Å². The molecular weight excluding hydrogens is 158 g/mol. The van der Waals surface area contributed by atoms with Crippen molar-refractivity contribution in [1.82, 2.24) is 0 Å². The maximum Gasteiger partial charge on any atom is 0.0361 e. The molecular formula is C12H19N. The Morgan fingerprint density at radius 3 is 2.15 bits per heavy atom. The minimum atomic E-state index is 1.21. The minimum Gasteiger partial charge on any atom is -0.378 e. The molecule has 1 rings (SSSR count). The van der Waals surface area contributed by atoms with Crippen molar-refractivity contribution in [1.29, 1.82) is 0 Å². The summed E-state index contributed by atoms with van der Waals surface area (Å²) in [4.78, 5) is 2.13. The summed E-state index contributed by atoms with van der Waals surface area (Å²) in [6, 6.07) is 8.83. The lowest BCUT2D eigenvalue weighted by molar-refractivity contribution is 0.795. The molecule has 1 heteroatoms. The maximum absolute atomic E-state index is 2.23. The topological polar surface area (TPSA) is 3.24 Å². The van der Waals surface area contributed by atoms with Crippen LogP contribution in [0.2, 0.25) is 0 Å². The average Bonchev–Trinajstić information content (AvgIpc) is 2.15. The number of nitrogens with zero attached hydrogens (tertiary/aromatic N) is 1. The summed E-state index contributed by atoms with van der Waals surface area (Å²) in [6.07, 6.45) is 3.78. The zero-order valence-electron chi connectivity index (χ0n) is 8.88. The first-order valence-corrected chi connectivity index (χ1v) is 5.00. The Morgan fingerprint density at radius 1 is 1.08 bits per heavy atom. The lowest BCUT2D eigenvalue weighted by Crippen LogP contribution is -2.08. The van der Waals surface area contributed by atoms with Gasteiger partial charge >= 0.3 is 0 Å². The van der Waals surface area contributed by atoms with E-state index in [0.29, 0.717) is 0 Å². The molecule has 1 aromatic carbocycles. The van der Waals surface area contributed by atoms with Crippen molar-refractivity contribution in [3.8, 4) is 0 Å². The fraction of sp³-hybridized carbons (Fsp3) is 0.500. The van der Waals surface area contributed by atoms with Crippen LogP contribution in [0.15, 0.2) is 24.3 Å². The summed E-state index contributed by atoms with van der Waals surface area (Å²) in [5.41, 5.74) is 2.73. The normalized spacial score (nSPS) is 10.1. The fourth-order valence-electron chi connectivity index (χ4n) is 1.34. The summed E-state index contributed by atoms with van der Waals surface area (Å²) >= 11 is 0. The van der Waals surface area contributed by atoms with Gasteiger partial charge in [-0.25, -0.2) is 0 Å². The third-order valence-corrected chi connectivity index (χ3v) is 2.27. The van der Waals surface area contributed by atoms with E-state index >= 15 is 0 Å². The molecule has 0 bridgehead atoms. The van der Waals surface area contributed by atoms with Crippen LogP contribution in [0.5, 0.6) is 0 Å². The molecule has 72 valence electrons. The van der Waals surface area contributed by atoms with Gasteiger partial charge in [-0.3, -0.25) is 0 Å². The molecule has 0 unspecified atom stereocenters. The summed E-state index contributed by atoms with van der Waals surface area (Å²) in [7, 11) is 4.14. The van der Waals surface area contributed by atoms with Gasteiger partial charge in [0.05, 0.1) is 0 Å². The van der Waals surface area contributed by atoms with Gasteiger partial charge in [0.2, 0.25) is 0 Å². The Hall–Kier alpha value is -0.980. The molecule has 1 nitrogen and oxygen atoms in total. The number of benzene rings is 1. The summed E-state index contributed by atoms with van der Waals surface area (Å²) in [5.74, 6) is 0. The van der Waals surface area contributed by atoms with Gasteiger partial charge in [0.1, 0.15) is 0 Å². The molecule has 0 heterocycles. The van der Waals surface area contributed by atoms with Gasteiger partial charge in [-0.05, 0) is 30.5 Å². The van der Waals surface area contributed by atoms with Gasteiger partial charge in [0.25, 0.3) is 0 Å². The molecule has 0 aromatic heterocycles. The third kappa shape index (κ3) is 3.10. The highest BCUT2D eigenvalue weighted by Gasteiger charge is 1.95. The molecule has 0 atom stereocenters. The predicted octanol–water partition coefficient (Wildman–Crippen LogP) is 3.10. The zero-order chi connectivity index (χ0) is 9.68. The summed E-state index contributed by atoms with van der Waals surface area (Å²) in [5, 5.41) is 0. The van der Waals surface area contributed by atoms with Crippen LogP contribution >= 0.6 is 0 Å². The van der Waals surface area contributed by atoms with Crippen LogP contribution < -0.4 is 4.90 Å². The number of hydrogen-bond donors (Lipinski definition) is 0. The molecule has 0 amide bonds. The van der Waals surface area contributed by atoms with Crippen LogP contribution in [-0.4, -0.2) is 14.1 Å². The van der Waals surface area contributed by atoms with Crippen molar-refractivity contribution in [2.24, 2.45) is 0 Å². The molecule has 0 fully saturated rings. The van der Waals surface area contributed by atoms with Crippen LogP contribution in [0.25, 0.3) is 0 Å². The molecule has 1 aromatic rings. The largest absolute Gasteiger partial charge is 0.378 e. The molecule has 13 heavy (non-hydrogen) atoms. The number of anilines is 1. The van der Waals surface area contributed by atoms with Gasteiger partial charge in [0, 0.05) is 19.8 Å². The van der Waals surface area contributed by atoms with E-state index in [1.54, 1.807) is 0 Å². The van der Waals surface area contributed by atoms with Gasteiger partial charge in [0.15, 0.2) is 0 Å². The van der Waals surface area contributed by atoms with Crippen molar-refractivity contribution in [3.63, 3.8) is 0 Å². The zero-order valence-corrected chi connectivity index (χ0v) is 8.88. The fourth-order valence-corrected chi connectivity index (χ4v) is 1.34. The van der Waals surface area contributed by atoms with Gasteiger partial charge in [-0.2, -0.15) is 0 Å². The number of aryl methyl sites for hydroxylation is 1. The van der Waals surface area contributed by atoms with Crippen molar-refractivity contribution >= 4 is 5.69 Å². The Labute approximate surface area is 81.4 Å². The Balaban J connectivity index is 2.59. The molecule has 0 aliphatic rings. The summed E-state index contributed by atoms with van der Waals surface area (Å²) in [6.45, 7) is 2.23. The highest BCUT2D eigenvalue weighted by molar-refractivity contribution is 5.45. The monoisotopic (exact) mass is 177 g/mol. The molecule has 0 aliphatic heterocycles. The Bertz CT molecular complexity index is 236. The molecule has 0 aliphatic carbocycles. The van der Waals surface area contributed by atoms with Gasteiger partial charge < -0.3 is 4.90 Å². The lowest BCUT2D eigenvalue weighted by atomic mass is 10.1. The van der Waals surface area contributed by atoms with E-state index in [1.807, 2.05) is 0 Å². The molecule has 0 spiro atoms. The van der Waals surface area contributed by atoms with E-state index in [0.717, 1.165) is 0 Å². The molecule has 0 saturated carbocycles. The molecule has 0 radical (unpaired) electrons. The maximum atomic E-state index is 2.23. The first kappa shape index (κ1) is 10.1. The van der Waals surface area contributed by atoms with Crippen LogP contribution in [0.3, 0.4) is 0 Å². The number of rotatable bonds is 4. The van der Waals surface area contributed by atoms with E-state index < -0.39 is 0 Å². The second-order valence-electron chi connectivity index (χ2n) is 3.66. The van der Waals surface area contributed by atoms with Crippen molar-refractivity contribution < 1.29 is 0 Å². The number of hydrogen-bond acceptors (Lipinski definition) is 1. The lowest BCUT2D eigenvalue weighted by Gasteiger charge is -2.12. The Morgan fingerprint density at radius 2 is 1.69 bits per heavy atom. The minimum absolute atomic E-state index is 1.21. The van der Waals surface area contributed by atoms with E-state index in [-0.39, 0.29) is 0 Å². The second kappa shape index (κ2) is 4.90. The van der Waals surface area contributed by atoms with Crippen LogP contribution in [0.4, 0.5) is 5.69 Å². The van der Waals surface area contributed by atoms with Gasteiger partial charge in [-0.1, -0.05) is 25.5 Å². The first-order chi connectivity index (χ1) is 6.24. The van der Waals surface area contributed by atoms with E-state index in [1.165, 1.54) is 30.5 Å². The third-order valence-electron chi connectivity index (χ3n) is 2.27. The SMILES string of the molecule is CCCCc1ccc(N(C)C)cc1. The van der Waals surface area contributed by atoms with Crippen LogP contribution in [0.1, 0.15) is 25.3 Å². The second-order valence-corrected chi connectivity index (χ2v) is 3.66. The highest BCUT2D eigenvalue weighted by Crippen LogP contribution is 2.13. The Kier molecular flexibility index (Phi) is 3.81. The van der Waals surface area contributed by atoms with E-state index in [4.69, 9.17) is 0 Å². The van der Waals surface area contributed by atoms with E-state index in [9.17, 15) is 0 Å². The van der Waals surface area contributed by atoms with Gasteiger partial charge in [-0.15, -0.1) is 0 Å².